The second-order valence-electron chi connectivity index (χ2n) is 5.08. The smallest absolute Gasteiger partial charge is 0.410 e. The predicted octanol–water partition coefficient (Wildman–Crippen LogP) is 2.70. The van der Waals surface area contributed by atoms with E-state index in [0.717, 1.165) is 38.8 Å². The van der Waals surface area contributed by atoms with Crippen LogP contribution in [0.3, 0.4) is 0 Å². The molecule has 6 nitrogen and oxygen atoms in total. The zero-order chi connectivity index (χ0) is 16.8. The molecule has 1 aromatic carbocycles. The van der Waals surface area contributed by atoms with Crippen molar-refractivity contribution in [1.29, 1.82) is 0 Å². The number of alkyl carbamates (subject to hydrolysis) is 1. The summed E-state index contributed by atoms with van der Waals surface area (Å²) in [6, 6.07) is 8.56. The molecule has 0 unspecified atom stereocenters. The van der Waals surface area contributed by atoms with Crippen molar-refractivity contribution >= 4 is 12.1 Å². The molecule has 0 bridgehead atoms. The molecule has 1 amide bonds. The van der Waals surface area contributed by atoms with Crippen LogP contribution < -0.4 is 10.6 Å². The van der Waals surface area contributed by atoms with Gasteiger partial charge in [0, 0.05) is 6.54 Å². The van der Waals surface area contributed by atoms with E-state index in [-0.39, 0.29) is 6.79 Å². The summed E-state index contributed by atoms with van der Waals surface area (Å²) >= 11 is 0. The molecule has 1 aromatic rings. The fourth-order valence-electron chi connectivity index (χ4n) is 1.89. The summed E-state index contributed by atoms with van der Waals surface area (Å²) in [4.78, 5) is 23.0. The minimum absolute atomic E-state index is 0.388. The van der Waals surface area contributed by atoms with Crippen molar-refractivity contribution in [3.05, 3.63) is 35.9 Å². The van der Waals surface area contributed by atoms with E-state index in [0.29, 0.717) is 12.1 Å². The van der Waals surface area contributed by atoms with Gasteiger partial charge in [0.05, 0.1) is 5.56 Å². The van der Waals surface area contributed by atoms with Gasteiger partial charge in [0.1, 0.15) is 0 Å². The van der Waals surface area contributed by atoms with E-state index in [2.05, 4.69) is 17.6 Å². The first kappa shape index (κ1) is 19.0. The van der Waals surface area contributed by atoms with Crippen LogP contribution in [0, 0.1) is 0 Å². The summed E-state index contributed by atoms with van der Waals surface area (Å²) in [5.74, 6) is -0.516. The standard InChI is InChI=1S/C17H26N2O4/c1-2-11-18-12-7-4-8-13-19-17(21)23-14-22-16(20)15-9-5-3-6-10-15/h3,5-6,9-10,18H,2,4,7-8,11-14H2,1H3,(H,19,21). The predicted molar refractivity (Wildman–Crippen MR) is 88.2 cm³/mol. The second-order valence-corrected chi connectivity index (χ2v) is 5.08. The fourth-order valence-corrected chi connectivity index (χ4v) is 1.89. The first-order valence-electron chi connectivity index (χ1n) is 8.07. The topological polar surface area (TPSA) is 76.7 Å². The van der Waals surface area contributed by atoms with E-state index in [1.807, 2.05) is 0 Å². The summed E-state index contributed by atoms with van der Waals surface area (Å²) < 4.78 is 9.64. The molecule has 0 fully saturated rings. The van der Waals surface area contributed by atoms with Gasteiger partial charge in [-0.15, -0.1) is 0 Å². The Balaban J connectivity index is 1.97. The molecule has 0 aliphatic heterocycles. The summed E-state index contributed by atoms with van der Waals surface area (Å²) in [6.07, 6.45) is 3.59. The highest BCUT2D eigenvalue weighted by Gasteiger charge is 2.07. The van der Waals surface area contributed by atoms with E-state index in [9.17, 15) is 9.59 Å². The maximum absolute atomic E-state index is 11.6. The van der Waals surface area contributed by atoms with Gasteiger partial charge in [0.15, 0.2) is 0 Å². The van der Waals surface area contributed by atoms with Crippen molar-refractivity contribution in [2.24, 2.45) is 0 Å². The van der Waals surface area contributed by atoms with Gasteiger partial charge in [0.2, 0.25) is 6.79 Å². The molecule has 0 saturated carbocycles. The third-order valence-corrected chi connectivity index (χ3v) is 3.12. The van der Waals surface area contributed by atoms with E-state index in [1.165, 1.54) is 0 Å². The molecule has 1 rings (SSSR count). The van der Waals surface area contributed by atoms with Gasteiger partial charge in [-0.1, -0.05) is 31.5 Å². The van der Waals surface area contributed by atoms with E-state index in [4.69, 9.17) is 9.47 Å². The molecule has 0 saturated heterocycles. The highest BCUT2D eigenvalue weighted by atomic mass is 16.7. The molecule has 0 spiro atoms. The average molecular weight is 322 g/mol. The average Bonchev–Trinajstić information content (AvgIpc) is 2.58. The Kier molecular flexibility index (Phi) is 10.3. The largest absolute Gasteiger partial charge is 0.424 e. The lowest BCUT2D eigenvalue weighted by molar-refractivity contribution is -0.00226. The maximum atomic E-state index is 11.6. The van der Waals surface area contributed by atoms with Crippen molar-refractivity contribution in [2.45, 2.75) is 32.6 Å². The summed E-state index contributed by atoms with van der Waals surface area (Å²) in [5, 5.41) is 5.95. The van der Waals surface area contributed by atoms with Crippen molar-refractivity contribution in [3.63, 3.8) is 0 Å². The van der Waals surface area contributed by atoms with Crippen LogP contribution in [-0.4, -0.2) is 38.5 Å². The number of carbonyl (C=O) groups is 2. The Labute approximate surface area is 137 Å². The van der Waals surface area contributed by atoms with Gasteiger partial charge in [-0.3, -0.25) is 0 Å². The minimum Gasteiger partial charge on any atom is -0.424 e. The molecular weight excluding hydrogens is 296 g/mol. The molecule has 23 heavy (non-hydrogen) atoms. The highest BCUT2D eigenvalue weighted by Crippen LogP contribution is 2.01. The number of esters is 1. The third kappa shape index (κ3) is 9.52. The Hall–Kier alpha value is -2.08. The lowest BCUT2D eigenvalue weighted by atomic mass is 10.2. The quantitative estimate of drug-likeness (QED) is 0.372. The van der Waals surface area contributed by atoms with E-state index in [1.54, 1.807) is 30.3 Å². The highest BCUT2D eigenvalue weighted by molar-refractivity contribution is 5.89. The SMILES string of the molecule is CCCNCCCCCNC(=O)OCOC(=O)c1ccccc1. The number of amides is 1. The van der Waals surface area contributed by atoms with Crippen molar-refractivity contribution < 1.29 is 19.1 Å². The zero-order valence-electron chi connectivity index (χ0n) is 13.7. The number of hydrogen-bond acceptors (Lipinski definition) is 5. The van der Waals surface area contributed by atoms with Crippen LogP contribution in [-0.2, 0) is 9.47 Å². The molecule has 0 aliphatic rings. The van der Waals surface area contributed by atoms with Crippen LogP contribution in [0.2, 0.25) is 0 Å². The number of ether oxygens (including phenoxy) is 2. The molecular formula is C17H26N2O4. The molecule has 2 N–H and O–H groups in total. The van der Waals surface area contributed by atoms with Crippen LogP contribution in [0.5, 0.6) is 0 Å². The number of benzene rings is 1. The first-order valence-corrected chi connectivity index (χ1v) is 8.07. The van der Waals surface area contributed by atoms with Gasteiger partial charge in [-0.05, 0) is 44.5 Å². The van der Waals surface area contributed by atoms with Crippen molar-refractivity contribution in [3.8, 4) is 0 Å². The number of nitrogens with one attached hydrogen (secondary N) is 2. The molecule has 6 heteroatoms. The Bertz CT molecular complexity index is 451. The van der Waals surface area contributed by atoms with Crippen LogP contribution >= 0.6 is 0 Å². The van der Waals surface area contributed by atoms with Gasteiger partial charge in [-0.25, -0.2) is 9.59 Å². The third-order valence-electron chi connectivity index (χ3n) is 3.12. The maximum Gasteiger partial charge on any atom is 0.410 e. The first-order chi connectivity index (χ1) is 11.2. The lowest BCUT2D eigenvalue weighted by Crippen LogP contribution is -2.27. The molecule has 0 heterocycles. The van der Waals surface area contributed by atoms with Gasteiger partial charge >= 0.3 is 12.1 Å². The minimum atomic E-state index is -0.574. The molecule has 0 atom stereocenters. The monoisotopic (exact) mass is 322 g/mol. The molecule has 128 valence electrons. The lowest BCUT2D eigenvalue weighted by Gasteiger charge is -2.08. The number of hydrogen-bond donors (Lipinski definition) is 2. The zero-order valence-corrected chi connectivity index (χ0v) is 13.7. The van der Waals surface area contributed by atoms with Gasteiger partial charge < -0.3 is 20.1 Å². The van der Waals surface area contributed by atoms with Gasteiger partial charge in [-0.2, -0.15) is 0 Å². The summed E-state index contributed by atoms with van der Waals surface area (Å²) in [6.45, 7) is 4.36. The number of carbonyl (C=O) groups excluding carboxylic acids is 2. The van der Waals surface area contributed by atoms with E-state index < -0.39 is 12.1 Å². The van der Waals surface area contributed by atoms with E-state index >= 15 is 0 Å². The fraction of sp³-hybridized carbons (Fsp3) is 0.529. The summed E-state index contributed by atoms with van der Waals surface area (Å²) in [7, 11) is 0. The second kappa shape index (κ2) is 12.5. The Morgan fingerprint density at radius 2 is 1.70 bits per heavy atom. The Morgan fingerprint density at radius 3 is 2.43 bits per heavy atom. The summed E-state index contributed by atoms with van der Waals surface area (Å²) in [5.41, 5.74) is 0.424. The molecule has 0 aromatic heterocycles. The van der Waals surface area contributed by atoms with Crippen molar-refractivity contribution in [1.82, 2.24) is 10.6 Å². The molecule has 0 radical (unpaired) electrons. The number of rotatable bonds is 11. The van der Waals surface area contributed by atoms with Crippen LogP contribution in [0.25, 0.3) is 0 Å². The van der Waals surface area contributed by atoms with Crippen LogP contribution in [0.1, 0.15) is 43.0 Å². The Morgan fingerprint density at radius 1 is 0.957 bits per heavy atom. The van der Waals surface area contributed by atoms with Gasteiger partial charge in [0.25, 0.3) is 0 Å². The molecule has 0 aliphatic carbocycles. The number of unbranched alkanes of at least 4 members (excludes halogenated alkanes) is 2. The van der Waals surface area contributed by atoms with Crippen LogP contribution in [0.4, 0.5) is 4.79 Å². The van der Waals surface area contributed by atoms with Crippen molar-refractivity contribution in [2.75, 3.05) is 26.4 Å². The normalized spacial score (nSPS) is 10.1. The van der Waals surface area contributed by atoms with Crippen LogP contribution in [0.15, 0.2) is 30.3 Å².